The average Bonchev–Trinajstić information content (AvgIpc) is 2.25. The lowest BCUT2D eigenvalue weighted by atomic mass is 9.99. The molecular weight excluding hydrogens is 280 g/mol. The van der Waals surface area contributed by atoms with Crippen molar-refractivity contribution in [2.45, 2.75) is 39.2 Å². The summed E-state index contributed by atoms with van der Waals surface area (Å²) in [6.07, 6.45) is 2.26. The van der Waals surface area contributed by atoms with E-state index in [4.69, 9.17) is 4.74 Å². The third-order valence-electron chi connectivity index (χ3n) is 2.73. The smallest absolute Gasteiger partial charge is 0.122 e. The van der Waals surface area contributed by atoms with Crippen LogP contribution < -0.4 is 4.74 Å². The zero-order valence-corrected chi connectivity index (χ0v) is 12.3. The van der Waals surface area contributed by atoms with Crippen LogP contribution in [0.5, 0.6) is 5.75 Å². The van der Waals surface area contributed by atoms with Gasteiger partial charge in [0.05, 0.1) is 13.2 Å². The van der Waals surface area contributed by atoms with Gasteiger partial charge in [0, 0.05) is 4.47 Å². The van der Waals surface area contributed by atoms with Crippen LogP contribution in [0.3, 0.4) is 0 Å². The second kappa shape index (κ2) is 7.02. The van der Waals surface area contributed by atoms with E-state index in [0.717, 1.165) is 35.0 Å². The van der Waals surface area contributed by atoms with Gasteiger partial charge in [0.1, 0.15) is 5.75 Å². The van der Waals surface area contributed by atoms with Crippen molar-refractivity contribution >= 4 is 15.9 Å². The van der Waals surface area contributed by atoms with Crippen molar-refractivity contribution < 1.29 is 9.84 Å². The minimum absolute atomic E-state index is 0.223. The van der Waals surface area contributed by atoms with E-state index in [1.165, 1.54) is 0 Å². The minimum atomic E-state index is -0.223. The van der Waals surface area contributed by atoms with Crippen LogP contribution in [0.25, 0.3) is 0 Å². The zero-order chi connectivity index (χ0) is 12.8. The van der Waals surface area contributed by atoms with E-state index in [-0.39, 0.29) is 6.10 Å². The number of ether oxygens (including phenoxy) is 1. The molecule has 1 aromatic carbocycles. The second-order valence-corrected chi connectivity index (χ2v) is 5.69. The van der Waals surface area contributed by atoms with Gasteiger partial charge in [-0.2, -0.15) is 0 Å². The number of hydrogen-bond donors (Lipinski definition) is 1. The molecule has 1 rings (SSSR count). The predicted octanol–water partition coefficient (Wildman–Crippen LogP) is 3.80. The Labute approximate surface area is 112 Å². The fourth-order valence-corrected chi connectivity index (χ4v) is 2.34. The van der Waals surface area contributed by atoms with Crippen LogP contribution >= 0.6 is 15.9 Å². The van der Waals surface area contributed by atoms with Gasteiger partial charge >= 0.3 is 0 Å². The maximum atomic E-state index is 9.86. The monoisotopic (exact) mass is 300 g/mol. The normalized spacial score (nSPS) is 12.8. The highest BCUT2D eigenvalue weighted by Crippen LogP contribution is 2.25. The number of aryl methyl sites for hydroxylation is 1. The third kappa shape index (κ3) is 5.09. The van der Waals surface area contributed by atoms with Gasteiger partial charge in [0.15, 0.2) is 0 Å². The van der Waals surface area contributed by atoms with E-state index in [1.807, 2.05) is 12.1 Å². The fourth-order valence-electron chi connectivity index (χ4n) is 1.93. The SMILES string of the molecule is COc1ccc(Br)cc1CCC(O)CC(C)C. The van der Waals surface area contributed by atoms with Crippen molar-refractivity contribution in [3.05, 3.63) is 28.2 Å². The van der Waals surface area contributed by atoms with E-state index >= 15 is 0 Å². The Bertz CT molecular complexity index is 350. The number of benzene rings is 1. The van der Waals surface area contributed by atoms with Crippen LogP contribution in [0.1, 0.15) is 32.3 Å². The Balaban J connectivity index is 2.58. The van der Waals surface area contributed by atoms with Crippen LogP contribution in [-0.4, -0.2) is 18.3 Å². The molecule has 1 unspecified atom stereocenters. The molecule has 17 heavy (non-hydrogen) atoms. The van der Waals surface area contributed by atoms with Crippen LogP contribution in [0.2, 0.25) is 0 Å². The van der Waals surface area contributed by atoms with Gasteiger partial charge in [-0.25, -0.2) is 0 Å². The van der Waals surface area contributed by atoms with Crippen LogP contribution in [0.15, 0.2) is 22.7 Å². The van der Waals surface area contributed by atoms with Crippen molar-refractivity contribution in [2.24, 2.45) is 5.92 Å². The molecule has 0 aliphatic rings. The molecule has 0 spiro atoms. The van der Waals surface area contributed by atoms with Gasteiger partial charge in [-0.15, -0.1) is 0 Å². The third-order valence-corrected chi connectivity index (χ3v) is 3.23. The Morgan fingerprint density at radius 3 is 2.65 bits per heavy atom. The Morgan fingerprint density at radius 1 is 1.35 bits per heavy atom. The lowest BCUT2D eigenvalue weighted by Gasteiger charge is -2.14. The molecule has 0 saturated carbocycles. The van der Waals surface area contributed by atoms with Gasteiger partial charge in [0.2, 0.25) is 0 Å². The molecule has 0 aliphatic carbocycles. The number of methoxy groups -OCH3 is 1. The highest BCUT2D eigenvalue weighted by Gasteiger charge is 2.10. The minimum Gasteiger partial charge on any atom is -0.496 e. The Kier molecular flexibility index (Phi) is 6.00. The van der Waals surface area contributed by atoms with Gasteiger partial charge in [-0.05, 0) is 48.9 Å². The molecule has 2 nitrogen and oxygen atoms in total. The summed E-state index contributed by atoms with van der Waals surface area (Å²) < 4.78 is 6.36. The van der Waals surface area contributed by atoms with Crippen LogP contribution in [0, 0.1) is 5.92 Å². The molecule has 0 fully saturated rings. The number of aliphatic hydroxyl groups excluding tert-OH is 1. The van der Waals surface area contributed by atoms with Crippen molar-refractivity contribution in [3.8, 4) is 5.75 Å². The van der Waals surface area contributed by atoms with Crippen molar-refractivity contribution in [2.75, 3.05) is 7.11 Å². The Hall–Kier alpha value is -0.540. The van der Waals surface area contributed by atoms with Crippen LogP contribution in [0.4, 0.5) is 0 Å². The number of aliphatic hydroxyl groups is 1. The maximum absolute atomic E-state index is 9.86. The van der Waals surface area contributed by atoms with Crippen molar-refractivity contribution in [1.82, 2.24) is 0 Å². The van der Waals surface area contributed by atoms with E-state index in [1.54, 1.807) is 7.11 Å². The summed E-state index contributed by atoms with van der Waals surface area (Å²) in [6, 6.07) is 5.97. The summed E-state index contributed by atoms with van der Waals surface area (Å²) in [6.45, 7) is 4.26. The molecule has 0 aromatic heterocycles. The molecule has 0 heterocycles. The molecule has 0 radical (unpaired) electrons. The molecule has 3 heteroatoms. The summed E-state index contributed by atoms with van der Waals surface area (Å²) in [5, 5.41) is 9.86. The summed E-state index contributed by atoms with van der Waals surface area (Å²) in [5.74, 6) is 1.43. The van der Waals surface area contributed by atoms with E-state index < -0.39 is 0 Å². The largest absolute Gasteiger partial charge is 0.496 e. The van der Waals surface area contributed by atoms with Gasteiger partial charge in [-0.1, -0.05) is 29.8 Å². The standard InChI is InChI=1S/C14H21BrO2/c1-10(2)8-13(16)6-4-11-9-12(15)5-7-14(11)17-3/h5,7,9-10,13,16H,4,6,8H2,1-3H3. The van der Waals surface area contributed by atoms with E-state index in [9.17, 15) is 5.11 Å². The fraction of sp³-hybridized carbons (Fsp3) is 0.571. The quantitative estimate of drug-likeness (QED) is 0.866. The molecule has 1 atom stereocenters. The number of halogens is 1. The predicted molar refractivity (Wildman–Crippen MR) is 74.5 cm³/mol. The highest BCUT2D eigenvalue weighted by atomic mass is 79.9. The maximum Gasteiger partial charge on any atom is 0.122 e. The van der Waals surface area contributed by atoms with Gasteiger partial charge in [-0.3, -0.25) is 0 Å². The second-order valence-electron chi connectivity index (χ2n) is 4.78. The first kappa shape index (κ1) is 14.5. The van der Waals surface area contributed by atoms with Crippen LogP contribution in [-0.2, 0) is 6.42 Å². The average molecular weight is 301 g/mol. The zero-order valence-electron chi connectivity index (χ0n) is 10.7. The topological polar surface area (TPSA) is 29.5 Å². The summed E-state index contributed by atoms with van der Waals surface area (Å²) in [7, 11) is 1.68. The molecular formula is C14H21BrO2. The molecule has 1 N–H and O–H groups in total. The Morgan fingerprint density at radius 2 is 2.06 bits per heavy atom. The molecule has 1 aromatic rings. The molecule has 0 saturated heterocycles. The lowest BCUT2D eigenvalue weighted by Crippen LogP contribution is -2.11. The molecule has 0 bridgehead atoms. The molecule has 0 amide bonds. The van der Waals surface area contributed by atoms with Crippen molar-refractivity contribution in [3.63, 3.8) is 0 Å². The van der Waals surface area contributed by atoms with Crippen molar-refractivity contribution in [1.29, 1.82) is 0 Å². The molecule has 0 aliphatic heterocycles. The van der Waals surface area contributed by atoms with Gasteiger partial charge < -0.3 is 9.84 Å². The first-order valence-corrected chi connectivity index (χ1v) is 6.82. The summed E-state index contributed by atoms with van der Waals surface area (Å²) >= 11 is 3.45. The first-order chi connectivity index (χ1) is 8.02. The van der Waals surface area contributed by atoms with E-state index in [2.05, 4.69) is 35.8 Å². The molecule has 96 valence electrons. The summed E-state index contributed by atoms with van der Waals surface area (Å²) in [5.41, 5.74) is 1.14. The summed E-state index contributed by atoms with van der Waals surface area (Å²) in [4.78, 5) is 0. The number of rotatable bonds is 6. The first-order valence-electron chi connectivity index (χ1n) is 6.03. The highest BCUT2D eigenvalue weighted by molar-refractivity contribution is 9.10. The lowest BCUT2D eigenvalue weighted by molar-refractivity contribution is 0.139. The van der Waals surface area contributed by atoms with Gasteiger partial charge in [0.25, 0.3) is 0 Å². The number of hydrogen-bond acceptors (Lipinski definition) is 2. The van der Waals surface area contributed by atoms with E-state index in [0.29, 0.717) is 5.92 Å².